The van der Waals surface area contributed by atoms with E-state index in [4.69, 9.17) is 4.74 Å². The van der Waals surface area contributed by atoms with Crippen molar-refractivity contribution >= 4 is 21.8 Å². The van der Waals surface area contributed by atoms with E-state index >= 15 is 0 Å². The Morgan fingerprint density at radius 1 is 0.833 bits per heavy atom. The van der Waals surface area contributed by atoms with E-state index in [9.17, 15) is 4.79 Å². The van der Waals surface area contributed by atoms with E-state index in [1.54, 1.807) is 7.11 Å². The average Bonchev–Trinajstić information content (AvgIpc) is 2.65. The number of aromatic nitrogens is 1. The Hall–Kier alpha value is -3.07. The maximum atomic E-state index is 12.9. The molecule has 0 atom stereocenters. The summed E-state index contributed by atoms with van der Waals surface area (Å²) in [5.41, 5.74) is 3.11. The van der Waals surface area contributed by atoms with Crippen LogP contribution < -0.4 is 10.2 Å². The molecule has 0 unspecified atom stereocenters. The summed E-state index contributed by atoms with van der Waals surface area (Å²) >= 11 is 0. The van der Waals surface area contributed by atoms with Crippen molar-refractivity contribution in [2.24, 2.45) is 0 Å². The van der Waals surface area contributed by atoms with Crippen LogP contribution in [0.4, 0.5) is 0 Å². The highest BCUT2D eigenvalue weighted by Gasteiger charge is 2.11. The SMILES string of the molecule is COc1ccc2c(c1)c(=O)c1ccccc1n2Cc1ccccc1. The second kappa shape index (κ2) is 5.85. The van der Waals surface area contributed by atoms with Crippen LogP contribution in [-0.4, -0.2) is 11.7 Å². The van der Waals surface area contributed by atoms with Crippen LogP contribution in [0.3, 0.4) is 0 Å². The fourth-order valence-corrected chi connectivity index (χ4v) is 3.17. The maximum absolute atomic E-state index is 12.9. The first-order valence-corrected chi connectivity index (χ1v) is 7.91. The van der Waals surface area contributed by atoms with Gasteiger partial charge < -0.3 is 9.30 Å². The van der Waals surface area contributed by atoms with E-state index < -0.39 is 0 Å². The van der Waals surface area contributed by atoms with Crippen molar-refractivity contribution in [2.45, 2.75) is 6.54 Å². The number of benzene rings is 3. The topological polar surface area (TPSA) is 31.2 Å². The highest BCUT2D eigenvalue weighted by atomic mass is 16.5. The van der Waals surface area contributed by atoms with E-state index in [0.717, 1.165) is 16.4 Å². The number of nitrogens with zero attached hydrogens (tertiary/aromatic N) is 1. The van der Waals surface area contributed by atoms with Gasteiger partial charge in [0, 0.05) is 17.3 Å². The number of ether oxygens (including phenoxy) is 1. The molecule has 1 heterocycles. The molecule has 0 aliphatic heterocycles. The molecule has 118 valence electrons. The van der Waals surface area contributed by atoms with Crippen molar-refractivity contribution in [1.29, 1.82) is 0 Å². The van der Waals surface area contributed by atoms with Crippen molar-refractivity contribution in [1.82, 2.24) is 4.57 Å². The van der Waals surface area contributed by atoms with E-state index in [1.165, 1.54) is 5.56 Å². The zero-order valence-electron chi connectivity index (χ0n) is 13.4. The Morgan fingerprint density at radius 2 is 1.54 bits per heavy atom. The normalized spacial score (nSPS) is 11.0. The van der Waals surface area contributed by atoms with E-state index in [2.05, 4.69) is 16.7 Å². The third-order valence-electron chi connectivity index (χ3n) is 4.36. The Balaban J connectivity index is 2.08. The lowest BCUT2D eigenvalue weighted by Crippen LogP contribution is -2.12. The molecule has 24 heavy (non-hydrogen) atoms. The molecular formula is C21H17NO2. The first-order chi connectivity index (χ1) is 11.8. The van der Waals surface area contributed by atoms with Gasteiger partial charge in [-0.25, -0.2) is 0 Å². The zero-order chi connectivity index (χ0) is 16.5. The summed E-state index contributed by atoms with van der Waals surface area (Å²) in [6, 6.07) is 23.7. The summed E-state index contributed by atoms with van der Waals surface area (Å²) in [7, 11) is 1.62. The van der Waals surface area contributed by atoms with Gasteiger partial charge in [-0.15, -0.1) is 0 Å². The summed E-state index contributed by atoms with van der Waals surface area (Å²) in [5, 5.41) is 1.41. The second-order valence-electron chi connectivity index (χ2n) is 5.80. The molecule has 0 saturated heterocycles. The Bertz CT molecular complexity index is 1080. The van der Waals surface area contributed by atoms with Gasteiger partial charge in [0.15, 0.2) is 5.43 Å². The average molecular weight is 315 g/mol. The second-order valence-corrected chi connectivity index (χ2v) is 5.80. The van der Waals surface area contributed by atoms with Crippen LogP contribution in [0.1, 0.15) is 5.56 Å². The van der Waals surface area contributed by atoms with Crippen LogP contribution >= 0.6 is 0 Å². The third-order valence-corrected chi connectivity index (χ3v) is 4.36. The van der Waals surface area contributed by atoms with Gasteiger partial charge in [-0.2, -0.15) is 0 Å². The largest absolute Gasteiger partial charge is 0.497 e. The summed E-state index contributed by atoms with van der Waals surface area (Å²) in [5.74, 6) is 0.696. The standard InChI is InChI=1S/C21H17NO2/c1-24-16-11-12-20-18(13-16)21(23)17-9-5-6-10-19(17)22(20)14-15-7-3-2-4-8-15/h2-13H,14H2,1H3. The molecular weight excluding hydrogens is 298 g/mol. The lowest BCUT2D eigenvalue weighted by molar-refractivity contribution is 0.415. The van der Waals surface area contributed by atoms with Gasteiger partial charge in [0.25, 0.3) is 0 Å². The van der Waals surface area contributed by atoms with Crippen molar-refractivity contribution in [3.05, 3.63) is 88.6 Å². The Kier molecular flexibility index (Phi) is 3.54. The monoisotopic (exact) mass is 315 g/mol. The van der Waals surface area contributed by atoms with Crippen LogP contribution in [0.2, 0.25) is 0 Å². The Morgan fingerprint density at radius 3 is 2.33 bits per heavy atom. The summed E-state index contributed by atoms with van der Waals surface area (Å²) < 4.78 is 7.49. The molecule has 3 aromatic carbocycles. The number of methoxy groups -OCH3 is 1. The van der Waals surface area contributed by atoms with Gasteiger partial charge in [-0.3, -0.25) is 4.79 Å². The van der Waals surface area contributed by atoms with Gasteiger partial charge >= 0.3 is 0 Å². The number of para-hydroxylation sites is 1. The predicted molar refractivity (Wildman–Crippen MR) is 97.8 cm³/mol. The first-order valence-electron chi connectivity index (χ1n) is 7.91. The van der Waals surface area contributed by atoms with Crippen LogP contribution in [-0.2, 0) is 6.54 Å². The van der Waals surface area contributed by atoms with Crippen LogP contribution in [0.25, 0.3) is 21.8 Å². The van der Waals surface area contributed by atoms with Crippen molar-refractivity contribution in [2.75, 3.05) is 7.11 Å². The molecule has 0 N–H and O–H groups in total. The summed E-state index contributed by atoms with van der Waals surface area (Å²) in [6.45, 7) is 0.713. The molecule has 0 spiro atoms. The minimum atomic E-state index is 0.0452. The van der Waals surface area contributed by atoms with Gasteiger partial charge in [0.2, 0.25) is 0 Å². The zero-order valence-corrected chi connectivity index (χ0v) is 13.4. The van der Waals surface area contributed by atoms with Gasteiger partial charge in [0.05, 0.1) is 18.1 Å². The highest BCUT2D eigenvalue weighted by Crippen LogP contribution is 2.24. The molecule has 4 aromatic rings. The van der Waals surface area contributed by atoms with Crippen LogP contribution in [0, 0.1) is 0 Å². The number of rotatable bonds is 3. The molecule has 3 nitrogen and oxygen atoms in total. The molecule has 0 radical (unpaired) electrons. The molecule has 0 fully saturated rings. The quantitative estimate of drug-likeness (QED) is 0.530. The maximum Gasteiger partial charge on any atom is 0.197 e. The molecule has 4 rings (SSSR count). The van der Waals surface area contributed by atoms with E-state index in [0.29, 0.717) is 17.7 Å². The molecule has 0 aliphatic rings. The molecule has 0 amide bonds. The molecule has 1 aromatic heterocycles. The van der Waals surface area contributed by atoms with E-state index in [-0.39, 0.29) is 5.43 Å². The first kappa shape index (κ1) is 14.5. The molecule has 3 heteroatoms. The lowest BCUT2D eigenvalue weighted by Gasteiger charge is -2.16. The fourth-order valence-electron chi connectivity index (χ4n) is 3.17. The summed E-state index contributed by atoms with van der Waals surface area (Å²) in [6.07, 6.45) is 0. The van der Waals surface area contributed by atoms with Crippen molar-refractivity contribution in [3.63, 3.8) is 0 Å². The number of hydrogen-bond donors (Lipinski definition) is 0. The van der Waals surface area contributed by atoms with E-state index in [1.807, 2.05) is 60.7 Å². The number of fused-ring (bicyclic) bond motifs is 2. The Labute approximate surface area is 139 Å². The molecule has 0 aliphatic carbocycles. The van der Waals surface area contributed by atoms with Crippen molar-refractivity contribution in [3.8, 4) is 5.75 Å². The lowest BCUT2D eigenvalue weighted by atomic mass is 10.1. The number of hydrogen-bond acceptors (Lipinski definition) is 2. The highest BCUT2D eigenvalue weighted by molar-refractivity contribution is 5.94. The van der Waals surface area contributed by atoms with Crippen LogP contribution in [0.15, 0.2) is 77.6 Å². The summed E-state index contributed by atoms with van der Waals surface area (Å²) in [4.78, 5) is 12.9. The molecule has 0 bridgehead atoms. The smallest absolute Gasteiger partial charge is 0.197 e. The minimum Gasteiger partial charge on any atom is -0.497 e. The van der Waals surface area contributed by atoms with Gasteiger partial charge in [-0.05, 0) is 35.9 Å². The van der Waals surface area contributed by atoms with Crippen molar-refractivity contribution < 1.29 is 4.74 Å². The third kappa shape index (κ3) is 2.35. The minimum absolute atomic E-state index is 0.0452. The molecule has 0 saturated carbocycles. The number of pyridine rings is 1. The predicted octanol–water partition coefficient (Wildman–Crippen LogP) is 4.21. The fraction of sp³-hybridized carbons (Fsp3) is 0.0952. The van der Waals surface area contributed by atoms with Gasteiger partial charge in [0.1, 0.15) is 5.75 Å². The van der Waals surface area contributed by atoms with Gasteiger partial charge in [-0.1, -0.05) is 42.5 Å². The van der Waals surface area contributed by atoms with Crippen LogP contribution in [0.5, 0.6) is 5.75 Å².